The highest BCUT2D eigenvalue weighted by atomic mass is 16.5. The zero-order valence-corrected chi connectivity index (χ0v) is 9.62. The zero-order chi connectivity index (χ0) is 10.7. The summed E-state index contributed by atoms with van der Waals surface area (Å²) in [5.41, 5.74) is 0. The number of likely N-dealkylation sites (tertiary alicyclic amines) is 1. The highest BCUT2D eigenvalue weighted by Gasteiger charge is 2.31. The molecule has 0 aliphatic carbocycles. The van der Waals surface area contributed by atoms with Crippen LogP contribution in [0.3, 0.4) is 0 Å². The van der Waals surface area contributed by atoms with Crippen LogP contribution in [0.15, 0.2) is 0 Å². The average Bonchev–Trinajstić information content (AvgIpc) is 2.10. The molecule has 0 radical (unpaired) electrons. The molecule has 1 rings (SSSR count). The molecule has 0 N–H and O–H groups in total. The van der Waals surface area contributed by atoms with Crippen molar-refractivity contribution in [3.63, 3.8) is 0 Å². The summed E-state index contributed by atoms with van der Waals surface area (Å²) in [5, 5.41) is 0. The zero-order valence-electron chi connectivity index (χ0n) is 9.62. The molecule has 1 fully saturated rings. The van der Waals surface area contributed by atoms with E-state index in [1.807, 2.05) is 0 Å². The Morgan fingerprint density at radius 2 is 2.14 bits per heavy atom. The normalized spacial score (nSPS) is 34.1. The van der Waals surface area contributed by atoms with Crippen molar-refractivity contribution < 1.29 is 9.53 Å². The van der Waals surface area contributed by atoms with Gasteiger partial charge in [0.25, 0.3) is 0 Å². The Kier molecular flexibility index (Phi) is 3.93. The Morgan fingerprint density at radius 3 is 2.64 bits per heavy atom. The van der Waals surface area contributed by atoms with Gasteiger partial charge in [-0.15, -0.1) is 0 Å². The molecular formula is C11H21NO2. The van der Waals surface area contributed by atoms with E-state index in [2.05, 4.69) is 25.8 Å². The van der Waals surface area contributed by atoms with Crippen LogP contribution in [-0.4, -0.2) is 37.6 Å². The number of hydrogen-bond acceptors (Lipinski definition) is 3. The number of piperidine rings is 1. The Balaban J connectivity index is 2.53. The maximum Gasteiger partial charge on any atom is 0.307 e. The van der Waals surface area contributed by atoms with Crippen LogP contribution in [0.2, 0.25) is 0 Å². The monoisotopic (exact) mass is 199 g/mol. The predicted molar refractivity (Wildman–Crippen MR) is 56.0 cm³/mol. The van der Waals surface area contributed by atoms with Crippen molar-refractivity contribution in [2.45, 2.75) is 32.7 Å². The third kappa shape index (κ3) is 2.71. The molecule has 0 bridgehead atoms. The van der Waals surface area contributed by atoms with E-state index >= 15 is 0 Å². The van der Waals surface area contributed by atoms with Gasteiger partial charge in [-0.2, -0.15) is 0 Å². The topological polar surface area (TPSA) is 29.5 Å². The minimum atomic E-state index is -0.0942. The molecule has 14 heavy (non-hydrogen) atoms. The van der Waals surface area contributed by atoms with Crippen molar-refractivity contribution in [2.24, 2.45) is 11.8 Å². The van der Waals surface area contributed by atoms with E-state index < -0.39 is 0 Å². The predicted octanol–water partition coefficient (Wildman–Crippen LogP) is 1.53. The lowest BCUT2D eigenvalue weighted by Crippen LogP contribution is -2.46. The average molecular weight is 199 g/mol. The molecule has 0 amide bonds. The summed E-state index contributed by atoms with van der Waals surface area (Å²) in [6.45, 7) is 5.58. The van der Waals surface area contributed by atoms with Gasteiger partial charge in [-0.25, -0.2) is 0 Å². The summed E-state index contributed by atoms with van der Waals surface area (Å²) in [4.78, 5) is 13.5. The Morgan fingerprint density at radius 1 is 1.50 bits per heavy atom. The first-order valence-electron chi connectivity index (χ1n) is 5.31. The van der Waals surface area contributed by atoms with Gasteiger partial charge < -0.3 is 9.64 Å². The third-order valence-electron chi connectivity index (χ3n) is 3.20. The number of methoxy groups -OCH3 is 1. The molecule has 0 saturated carbocycles. The number of carbonyl (C=O) groups excluding carboxylic acids is 1. The quantitative estimate of drug-likeness (QED) is 0.632. The number of nitrogens with zero attached hydrogens (tertiary/aromatic N) is 1. The number of hydrogen-bond donors (Lipinski definition) is 0. The van der Waals surface area contributed by atoms with Crippen molar-refractivity contribution >= 4 is 5.97 Å². The molecular weight excluding hydrogens is 178 g/mol. The van der Waals surface area contributed by atoms with Crippen LogP contribution in [-0.2, 0) is 9.53 Å². The second-order valence-corrected chi connectivity index (χ2v) is 4.61. The van der Waals surface area contributed by atoms with Crippen LogP contribution in [0.4, 0.5) is 0 Å². The van der Waals surface area contributed by atoms with Crippen molar-refractivity contribution in [1.29, 1.82) is 0 Å². The molecule has 0 aromatic heterocycles. The van der Waals surface area contributed by atoms with Gasteiger partial charge in [0.05, 0.1) is 13.5 Å². The van der Waals surface area contributed by atoms with E-state index in [-0.39, 0.29) is 5.97 Å². The SMILES string of the molecule is COC(=O)CC1[C@H](C)CC(C)CN1C. The highest BCUT2D eigenvalue weighted by Crippen LogP contribution is 2.27. The fraction of sp³-hybridized carbons (Fsp3) is 0.909. The molecule has 2 unspecified atom stereocenters. The number of esters is 1. The summed E-state index contributed by atoms with van der Waals surface area (Å²) < 4.78 is 4.71. The molecule has 3 nitrogen and oxygen atoms in total. The molecule has 0 aromatic rings. The first kappa shape index (κ1) is 11.5. The first-order chi connectivity index (χ1) is 6.54. The van der Waals surface area contributed by atoms with Crippen LogP contribution < -0.4 is 0 Å². The summed E-state index contributed by atoms with van der Waals surface area (Å²) in [6, 6.07) is 0.360. The molecule has 1 saturated heterocycles. The van der Waals surface area contributed by atoms with E-state index in [1.165, 1.54) is 13.5 Å². The van der Waals surface area contributed by atoms with Gasteiger partial charge in [0.1, 0.15) is 0 Å². The minimum absolute atomic E-state index is 0.0942. The van der Waals surface area contributed by atoms with Crippen LogP contribution in [0.25, 0.3) is 0 Å². The van der Waals surface area contributed by atoms with E-state index in [0.717, 1.165) is 12.5 Å². The van der Waals surface area contributed by atoms with Crippen molar-refractivity contribution in [1.82, 2.24) is 4.90 Å². The third-order valence-corrected chi connectivity index (χ3v) is 3.20. The molecule has 0 aromatic carbocycles. The number of rotatable bonds is 2. The maximum absolute atomic E-state index is 11.2. The highest BCUT2D eigenvalue weighted by molar-refractivity contribution is 5.69. The summed E-state index contributed by atoms with van der Waals surface area (Å²) >= 11 is 0. The van der Waals surface area contributed by atoms with E-state index in [1.54, 1.807) is 0 Å². The lowest BCUT2D eigenvalue weighted by Gasteiger charge is -2.40. The number of carbonyl (C=O) groups is 1. The fourth-order valence-corrected chi connectivity index (χ4v) is 2.54. The van der Waals surface area contributed by atoms with E-state index in [4.69, 9.17) is 4.74 Å². The Hall–Kier alpha value is -0.570. The first-order valence-corrected chi connectivity index (χ1v) is 5.31. The summed E-state index contributed by atoms with van der Waals surface area (Å²) in [7, 11) is 3.55. The van der Waals surface area contributed by atoms with Gasteiger partial charge in [0.15, 0.2) is 0 Å². The van der Waals surface area contributed by atoms with Gasteiger partial charge >= 0.3 is 5.97 Å². The van der Waals surface area contributed by atoms with Crippen LogP contribution in [0.1, 0.15) is 26.7 Å². The van der Waals surface area contributed by atoms with E-state index in [0.29, 0.717) is 18.4 Å². The van der Waals surface area contributed by atoms with Crippen LogP contribution in [0.5, 0.6) is 0 Å². The smallest absolute Gasteiger partial charge is 0.307 e. The Bertz CT molecular complexity index is 193. The lowest BCUT2D eigenvalue weighted by atomic mass is 9.84. The largest absolute Gasteiger partial charge is 0.469 e. The van der Waals surface area contributed by atoms with Crippen molar-refractivity contribution in [3.8, 4) is 0 Å². The van der Waals surface area contributed by atoms with Crippen LogP contribution in [0, 0.1) is 11.8 Å². The fourth-order valence-electron chi connectivity index (χ4n) is 2.54. The Labute approximate surface area is 86.4 Å². The number of ether oxygens (including phenoxy) is 1. The van der Waals surface area contributed by atoms with Crippen molar-refractivity contribution in [2.75, 3.05) is 20.7 Å². The minimum Gasteiger partial charge on any atom is -0.469 e. The molecule has 82 valence electrons. The second kappa shape index (κ2) is 4.78. The molecule has 1 aliphatic rings. The lowest BCUT2D eigenvalue weighted by molar-refractivity contribution is -0.143. The molecule has 0 spiro atoms. The van der Waals surface area contributed by atoms with Crippen LogP contribution >= 0.6 is 0 Å². The van der Waals surface area contributed by atoms with Gasteiger partial charge in [-0.1, -0.05) is 13.8 Å². The molecule has 3 atom stereocenters. The van der Waals surface area contributed by atoms with Gasteiger partial charge in [0.2, 0.25) is 0 Å². The molecule has 1 aliphatic heterocycles. The maximum atomic E-state index is 11.2. The summed E-state index contributed by atoms with van der Waals surface area (Å²) in [5.74, 6) is 1.23. The van der Waals surface area contributed by atoms with Gasteiger partial charge in [-0.05, 0) is 25.3 Å². The standard InChI is InChI=1S/C11H21NO2/c1-8-5-9(2)10(12(3)7-8)6-11(13)14-4/h8-10H,5-7H2,1-4H3/t8?,9-,10?/m1/s1. The molecule has 1 heterocycles. The summed E-state index contributed by atoms with van der Waals surface area (Å²) in [6.07, 6.45) is 1.74. The molecule has 3 heteroatoms. The van der Waals surface area contributed by atoms with E-state index in [9.17, 15) is 4.79 Å². The van der Waals surface area contributed by atoms with Gasteiger partial charge in [0, 0.05) is 12.6 Å². The van der Waals surface area contributed by atoms with Gasteiger partial charge in [-0.3, -0.25) is 4.79 Å². The van der Waals surface area contributed by atoms with Crippen molar-refractivity contribution in [3.05, 3.63) is 0 Å². The second-order valence-electron chi connectivity index (χ2n) is 4.61.